The fourth-order valence-electron chi connectivity index (χ4n) is 1.44. The summed E-state index contributed by atoms with van der Waals surface area (Å²) < 4.78 is 0. The lowest BCUT2D eigenvalue weighted by Gasteiger charge is -2.05. The molecule has 80 valence electrons. The first kappa shape index (κ1) is 10.6. The largest absolute Gasteiger partial charge is 0.478 e. The maximum atomic E-state index is 11.1. The molecule has 0 atom stereocenters. The smallest absolute Gasteiger partial charge is 0.336 e. The summed E-state index contributed by atoms with van der Waals surface area (Å²) in [5.41, 5.74) is 1.35. The minimum atomic E-state index is -1.01. The molecule has 1 aromatic heterocycles. The number of rotatable bonds is 2. The Morgan fingerprint density at radius 3 is 2.69 bits per heavy atom. The van der Waals surface area contributed by atoms with Crippen LogP contribution in [-0.4, -0.2) is 16.1 Å². The number of benzene rings is 1. The van der Waals surface area contributed by atoms with E-state index in [1.54, 1.807) is 30.5 Å². The van der Waals surface area contributed by atoms with E-state index < -0.39 is 5.97 Å². The minimum Gasteiger partial charge on any atom is -0.478 e. The molecule has 0 bridgehead atoms. The van der Waals surface area contributed by atoms with E-state index in [0.29, 0.717) is 16.3 Å². The minimum absolute atomic E-state index is 0.159. The quantitative estimate of drug-likeness (QED) is 0.867. The van der Waals surface area contributed by atoms with Crippen LogP contribution in [-0.2, 0) is 0 Å². The van der Waals surface area contributed by atoms with Crippen molar-refractivity contribution in [3.63, 3.8) is 0 Å². The van der Waals surface area contributed by atoms with Crippen LogP contribution in [0.2, 0.25) is 5.02 Å². The topological polar surface area (TPSA) is 50.2 Å². The van der Waals surface area contributed by atoms with Gasteiger partial charge in [0.2, 0.25) is 0 Å². The van der Waals surface area contributed by atoms with Gasteiger partial charge in [-0.15, -0.1) is 0 Å². The third kappa shape index (κ3) is 2.04. The number of hydrogen-bond acceptors (Lipinski definition) is 2. The molecule has 0 amide bonds. The number of carbonyl (C=O) groups is 1. The maximum absolute atomic E-state index is 11.1. The lowest BCUT2D eigenvalue weighted by molar-refractivity contribution is 0.0697. The van der Waals surface area contributed by atoms with Crippen LogP contribution in [0, 0.1) is 0 Å². The normalized spacial score (nSPS) is 10.1. The van der Waals surface area contributed by atoms with Crippen LogP contribution in [0.3, 0.4) is 0 Å². The summed E-state index contributed by atoms with van der Waals surface area (Å²) in [4.78, 5) is 15.2. The molecule has 1 N–H and O–H groups in total. The molecule has 4 heteroatoms. The van der Waals surface area contributed by atoms with E-state index in [1.165, 1.54) is 6.07 Å². The molecule has 0 saturated heterocycles. The Morgan fingerprint density at radius 2 is 2.06 bits per heavy atom. The molecule has 0 aliphatic heterocycles. The number of aromatic carboxylic acids is 1. The van der Waals surface area contributed by atoms with Gasteiger partial charge in [0.25, 0.3) is 0 Å². The van der Waals surface area contributed by atoms with Crippen molar-refractivity contribution in [3.8, 4) is 11.3 Å². The average molecular weight is 234 g/mol. The molecule has 0 fully saturated rings. The number of hydrogen-bond donors (Lipinski definition) is 1. The maximum Gasteiger partial charge on any atom is 0.336 e. The van der Waals surface area contributed by atoms with Crippen LogP contribution in [0.5, 0.6) is 0 Å². The highest BCUT2D eigenvalue weighted by molar-refractivity contribution is 6.31. The van der Waals surface area contributed by atoms with Gasteiger partial charge >= 0.3 is 5.97 Å². The summed E-state index contributed by atoms with van der Waals surface area (Å²) in [6.07, 6.45) is 1.62. The molecule has 0 aliphatic carbocycles. The van der Waals surface area contributed by atoms with E-state index >= 15 is 0 Å². The summed E-state index contributed by atoms with van der Waals surface area (Å²) >= 11 is 5.76. The molecule has 0 radical (unpaired) electrons. The van der Waals surface area contributed by atoms with E-state index in [0.717, 1.165) is 0 Å². The van der Waals surface area contributed by atoms with Crippen LogP contribution in [0.1, 0.15) is 10.4 Å². The highest BCUT2D eigenvalue weighted by Crippen LogP contribution is 2.24. The van der Waals surface area contributed by atoms with Gasteiger partial charge in [0, 0.05) is 16.8 Å². The monoisotopic (exact) mass is 233 g/mol. The highest BCUT2D eigenvalue weighted by atomic mass is 35.5. The predicted octanol–water partition coefficient (Wildman–Crippen LogP) is 3.10. The molecule has 0 spiro atoms. The number of pyridine rings is 1. The zero-order valence-corrected chi connectivity index (χ0v) is 8.98. The van der Waals surface area contributed by atoms with Gasteiger partial charge in [-0.3, -0.25) is 4.98 Å². The van der Waals surface area contributed by atoms with E-state index in [1.807, 2.05) is 6.07 Å². The SMILES string of the molecule is O=C(O)c1cc(Cl)ccc1-c1ccccn1. The van der Waals surface area contributed by atoms with Gasteiger partial charge in [0.05, 0.1) is 11.3 Å². The molecule has 1 heterocycles. The van der Waals surface area contributed by atoms with Gasteiger partial charge in [0.15, 0.2) is 0 Å². The van der Waals surface area contributed by atoms with Gasteiger partial charge in [-0.05, 0) is 24.3 Å². The van der Waals surface area contributed by atoms with Gasteiger partial charge in [-0.25, -0.2) is 4.79 Å². The first-order valence-electron chi connectivity index (χ1n) is 4.63. The van der Waals surface area contributed by atoms with Crippen molar-refractivity contribution in [1.82, 2.24) is 4.98 Å². The molecule has 2 aromatic rings. The third-order valence-electron chi connectivity index (χ3n) is 2.15. The fraction of sp³-hybridized carbons (Fsp3) is 0. The van der Waals surface area contributed by atoms with Crippen molar-refractivity contribution < 1.29 is 9.90 Å². The zero-order valence-electron chi connectivity index (χ0n) is 8.22. The summed E-state index contributed by atoms with van der Waals surface area (Å²) in [6, 6.07) is 10.1. The standard InChI is InChI=1S/C12H8ClNO2/c13-8-4-5-9(10(7-8)12(15)16)11-3-1-2-6-14-11/h1-7H,(H,15,16). The molecule has 16 heavy (non-hydrogen) atoms. The second-order valence-corrected chi connectivity index (χ2v) is 3.65. The lowest BCUT2D eigenvalue weighted by Crippen LogP contribution is -2.00. The molecular weight excluding hydrogens is 226 g/mol. The van der Waals surface area contributed by atoms with Crippen molar-refractivity contribution in [3.05, 3.63) is 53.2 Å². The lowest BCUT2D eigenvalue weighted by atomic mass is 10.0. The molecule has 2 rings (SSSR count). The highest BCUT2D eigenvalue weighted by Gasteiger charge is 2.12. The second kappa shape index (κ2) is 4.33. The Morgan fingerprint density at radius 1 is 1.25 bits per heavy atom. The Bertz CT molecular complexity index is 526. The molecule has 3 nitrogen and oxygen atoms in total. The summed E-state index contributed by atoms with van der Waals surface area (Å²) in [6.45, 7) is 0. The first-order valence-corrected chi connectivity index (χ1v) is 5.00. The van der Waals surface area contributed by atoms with E-state index in [2.05, 4.69) is 4.98 Å². The molecule has 0 saturated carbocycles. The van der Waals surface area contributed by atoms with E-state index in [-0.39, 0.29) is 5.56 Å². The summed E-state index contributed by atoms with van der Waals surface area (Å²) in [7, 11) is 0. The number of carboxylic acid groups (broad SMARTS) is 1. The number of carboxylic acids is 1. The third-order valence-corrected chi connectivity index (χ3v) is 2.39. The van der Waals surface area contributed by atoms with Crippen molar-refractivity contribution in [2.45, 2.75) is 0 Å². The number of nitrogens with zero attached hydrogens (tertiary/aromatic N) is 1. The van der Waals surface area contributed by atoms with Crippen LogP contribution < -0.4 is 0 Å². The molecule has 1 aromatic carbocycles. The summed E-state index contributed by atoms with van der Waals surface area (Å²) in [5, 5.41) is 9.47. The number of aromatic nitrogens is 1. The van der Waals surface area contributed by atoms with E-state index in [9.17, 15) is 4.79 Å². The van der Waals surface area contributed by atoms with Gasteiger partial charge in [-0.2, -0.15) is 0 Å². The fourth-order valence-corrected chi connectivity index (χ4v) is 1.61. The van der Waals surface area contributed by atoms with Gasteiger partial charge in [-0.1, -0.05) is 23.7 Å². The van der Waals surface area contributed by atoms with E-state index in [4.69, 9.17) is 16.7 Å². The molecule has 0 unspecified atom stereocenters. The van der Waals surface area contributed by atoms with Crippen LogP contribution in [0.4, 0.5) is 0 Å². The predicted molar refractivity (Wildman–Crippen MR) is 61.6 cm³/mol. The number of halogens is 1. The van der Waals surface area contributed by atoms with Crippen LogP contribution >= 0.6 is 11.6 Å². The van der Waals surface area contributed by atoms with Crippen LogP contribution in [0.25, 0.3) is 11.3 Å². The molecule has 0 aliphatic rings. The molecular formula is C12H8ClNO2. The Hall–Kier alpha value is -1.87. The Labute approximate surface area is 97.3 Å². The second-order valence-electron chi connectivity index (χ2n) is 3.21. The Balaban J connectivity index is 2.61. The average Bonchev–Trinajstić information content (AvgIpc) is 2.30. The van der Waals surface area contributed by atoms with Crippen molar-refractivity contribution in [1.29, 1.82) is 0 Å². The Kier molecular flexibility index (Phi) is 2.88. The zero-order chi connectivity index (χ0) is 11.5. The van der Waals surface area contributed by atoms with Crippen molar-refractivity contribution in [2.75, 3.05) is 0 Å². The van der Waals surface area contributed by atoms with Crippen molar-refractivity contribution in [2.24, 2.45) is 0 Å². The summed E-state index contributed by atoms with van der Waals surface area (Å²) in [5.74, 6) is -1.01. The van der Waals surface area contributed by atoms with Crippen molar-refractivity contribution >= 4 is 17.6 Å². The van der Waals surface area contributed by atoms with Gasteiger partial charge in [0.1, 0.15) is 0 Å². The van der Waals surface area contributed by atoms with Gasteiger partial charge < -0.3 is 5.11 Å². The van der Waals surface area contributed by atoms with Crippen LogP contribution in [0.15, 0.2) is 42.6 Å². The first-order chi connectivity index (χ1) is 7.68.